The van der Waals surface area contributed by atoms with Crippen LogP contribution in [0.3, 0.4) is 0 Å². The molecular weight excluding hydrogens is 248 g/mol. The van der Waals surface area contributed by atoms with Crippen molar-refractivity contribution in [2.24, 2.45) is 0 Å². The molecule has 0 unspecified atom stereocenters. The van der Waals surface area contributed by atoms with Gasteiger partial charge in [-0.1, -0.05) is 0 Å². The van der Waals surface area contributed by atoms with Crippen LogP contribution in [0.25, 0.3) is 0 Å². The lowest BCUT2D eigenvalue weighted by Gasteiger charge is -2.06. The minimum Gasteiger partial charge on any atom is -0.478 e. The van der Waals surface area contributed by atoms with Crippen molar-refractivity contribution < 1.29 is 19.8 Å². The fraction of sp³-hybridized carbons (Fsp3) is 0. The first kappa shape index (κ1) is 12.6. The second kappa shape index (κ2) is 5.18. The van der Waals surface area contributed by atoms with Crippen LogP contribution >= 0.6 is 0 Å². The molecule has 0 aliphatic rings. The largest absolute Gasteiger partial charge is 0.478 e. The maximum Gasteiger partial charge on any atom is 0.337 e. The van der Waals surface area contributed by atoms with Crippen LogP contribution in [0.4, 0.5) is 11.4 Å². The molecule has 0 saturated carbocycles. The molecule has 6 heteroatoms. The van der Waals surface area contributed by atoms with Crippen molar-refractivity contribution in [1.82, 2.24) is 4.98 Å². The molecule has 1 aromatic heterocycles. The van der Waals surface area contributed by atoms with E-state index in [-0.39, 0.29) is 11.1 Å². The van der Waals surface area contributed by atoms with E-state index in [4.69, 9.17) is 10.2 Å². The number of aromatic carboxylic acids is 2. The van der Waals surface area contributed by atoms with Gasteiger partial charge in [0, 0.05) is 11.9 Å². The van der Waals surface area contributed by atoms with Gasteiger partial charge in [-0.25, -0.2) is 9.59 Å². The van der Waals surface area contributed by atoms with Gasteiger partial charge in [-0.05, 0) is 30.3 Å². The van der Waals surface area contributed by atoms with E-state index in [2.05, 4.69) is 10.3 Å². The van der Waals surface area contributed by atoms with Crippen LogP contribution in [0.15, 0.2) is 42.7 Å². The van der Waals surface area contributed by atoms with E-state index >= 15 is 0 Å². The molecule has 19 heavy (non-hydrogen) atoms. The van der Waals surface area contributed by atoms with Gasteiger partial charge in [0.25, 0.3) is 0 Å². The lowest BCUT2D eigenvalue weighted by Crippen LogP contribution is -2.00. The first-order valence-electron chi connectivity index (χ1n) is 5.35. The van der Waals surface area contributed by atoms with Gasteiger partial charge in [-0.3, -0.25) is 4.98 Å². The summed E-state index contributed by atoms with van der Waals surface area (Å²) in [4.78, 5) is 25.3. The Morgan fingerprint density at radius 2 is 1.53 bits per heavy atom. The third kappa shape index (κ3) is 3.06. The normalized spacial score (nSPS) is 9.89. The first-order chi connectivity index (χ1) is 9.06. The smallest absolute Gasteiger partial charge is 0.337 e. The van der Waals surface area contributed by atoms with Crippen molar-refractivity contribution in [3.63, 3.8) is 0 Å². The third-order valence-corrected chi connectivity index (χ3v) is 2.41. The lowest BCUT2D eigenvalue weighted by atomic mass is 10.2. The van der Waals surface area contributed by atoms with E-state index in [1.54, 1.807) is 12.1 Å². The van der Waals surface area contributed by atoms with Crippen LogP contribution in [-0.2, 0) is 0 Å². The number of carboxylic acid groups (broad SMARTS) is 2. The Balaban J connectivity index is 2.19. The van der Waals surface area contributed by atoms with Gasteiger partial charge in [0.15, 0.2) is 0 Å². The molecule has 1 aromatic carbocycles. The third-order valence-electron chi connectivity index (χ3n) is 2.41. The number of rotatable bonds is 4. The Kier molecular flexibility index (Phi) is 3.42. The zero-order valence-corrected chi connectivity index (χ0v) is 9.70. The number of benzene rings is 1. The number of aromatic nitrogens is 1. The van der Waals surface area contributed by atoms with Crippen LogP contribution in [0.2, 0.25) is 0 Å². The molecular formula is C13H10N2O4. The van der Waals surface area contributed by atoms with E-state index < -0.39 is 11.9 Å². The van der Waals surface area contributed by atoms with Crippen LogP contribution in [0.1, 0.15) is 20.7 Å². The molecule has 0 bridgehead atoms. The summed E-state index contributed by atoms with van der Waals surface area (Å²) in [6.07, 6.45) is 2.73. The van der Waals surface area contributed by atoms with E-state index in [9.17, 15) is 9.59 Å². The van der Waals surface area contributed by atoms with Crippen LogP contribution in [0.5, 0.6) is 0 Å². The highest BCUT2D eigenvalue weighted by atomic mass is 16.4. The summed E-state index contributed by atoms with van der Waals surface area (Å²) in [5, 5.41) is 20.6. The van der Waals surface area contributed by atoms with E-state index in [0.717, 1.165) is 0 Å². The van der Waals surface area contributed by atoms with Gasteiger partial charge in [0.1, 0.15) is 0 Å². The average molecular weight is 258 g/mol. The number of hydrogen-bond donors (Lipinski definition) is 3. The fourth-order valence-corrected chi connectivity index (χ4v) is 1.49. The van der Waals surface area contributed by atoms with Crippen molar-refractivity contribution in [1.29, 1.82) is 0 Å². The van der Waals surface area contributed by atoms with E-state index in [1.807, 2.05) is 0 Å². The molecule has 0 saturated heterocycles. The van der Waals surface area contributed by atoms with Gasteiger partial charge in [-0.15, -0.1) is 0 Å². The van der Waals surface area contributed by atoms with Crippen molar-refractivity contribution in [3.05, 3.63) is 53.9 Å². The highest BCUT2D eigenvalue weighted by Gasteiger charge is 2.05. The zero-order chi connectivity index (χ0) is 13.8. The summed E-state index contributed by atoms with van der Waals surface area (Å²) < 4.78 is 0. The molecule has 96 valence electrons. The number of nitrogens with zero attached hydrogens (tertiary/aromatic N) is 1. The van der Waals surface area contributed by atoms with Crippen LogP contribution in [0, 0.1) is 0 Å². The maximum atomic E-state index is 10.8. The van der Waals surface area contributed by atoms with Gasteiger partial charge in [0.2, 0.25) is 0 Å². The predicted molar refractivity (Wildman–Crippen MR) is 67.9 cm³/mol. The van der Waals surface area contributed by atoms with E-state index in [1.165, 1.54) is 30.6 Å². The number of nitrogens with one attached hydrogen (secondary N) is 1. The van der Waals surface area contributed by atoms with Gasteiger partial charge < -0.3 is 15.5 Å². The topological polar surface area (TPSA) is 99.5 Å². The molecule has 0 aliphatic carbocycles. The molecule has 3 N–H and O–H groups in total. The minimum atomic E-state index is -1.06. The Bertz CT molecular complexity index is 623. The van der Waals surface area contributed by atoms with Crippen molar-refractivity contribution in [2.75, 3.05) is 5.32 Å². The molecule has 0 atom stereocenters. The molecule has 2 aromatic rings. The second-order valence-corrected chi connectivity index (χ2v) is 3.77. The van der Waals surface area contributed by atoms with Gasteiger partial charge in [0.05, 0.1) is 23.0 Å². The number of carbonyl (C=O) groups is 2. The SMILES string of the molecule is O=C(O)c1ccc(Nc2cncc(C(=O)O)c2)cc1. The first-order valence-corrected chi connectivity index (χ1v) is 5.35. The molecule has 0 fully saturated rings. The summed E-state index contributed by atoms with van der Waals surface area (Å²) in [7, 11) is 0. The summed E-state index contributed by atoms with van der Waals surface area (Å²) in [6, 6.07) is 7.55. The summed E-state index contributed by atoms with van der Waals surface area (Å²) in [5.74, 6) is -2.06. The molecule has 6 nitrogen and oxygen atoms in total. The van der Waals surface area contributed by atoms with Crippen LogP contribution < -0.4 is 5.32 Å². The molecule has 0 aliphatic heterocycles. The lowest BCUT2D eigenvalue weighted by molar-refractivity contribution is 0.0686. The minimum absolute atomic E-state index is 0.0761. The fourth-order valence-electron chi connectivity index (χ4n) is 1.49. The predicted octanol–water partition coefficient (Wildman–Crippen LogP) is 2.22. The van der Waals surface area contributed by atoms with Crippen molar-refractivity contribution in [3.8, 4) is 0 Å². The van der Waals surface area contributed by atoms with Gasteiger partial charge >= 0.3 is 11.9 Å². The Hall–Kier alpha value is -2.89. The molecule has 0 radical (unpaired) electrons. The van der Waals surface area contributed by atoms with Crippen molar-refractivity contribution >= 4 is 23.3 Å². The quantitative estimate of drug-likeness (QED) is 0.777. The number of anilines is 2. The van der Waals surface area contributed by atoms with Crippen LogP contribution in [-0.4, -0.2) is 27.1 Å². The highest BCUT2D eigenvalue weighted by molar-refractivity contribution is 5.89. The standard InChI is InChI=1S/C13H10N2O4/c16-12(17)8-1-3-10(4-2-8)15-11-5-9(13(18)19)6-14-7-11/h1-7,15H,(H,16,17)(H,18,19). The summed E-state index contributed by atoms with van der Waals surface area (Å²) in [5.41, 5.74) is 1.42. The highest BCUT2D eigenvalue weighted by Crippen LogP contribution is 2.17. The average Bonchev–Trinajstić information content (AvgIpc) is 2.39. The number of pyridine rings is 1. The molecule has 0 amide bonds. The summed E-state index contributed by atoms with van der Waals surface area (Å²) in [6.45, 7) is 0. The van der Waals surface area contributed by atoms with E-state index in [0.29, 0.717) is 11.4 Å². The summed E-state index contributed by atoms with van der Waals surface area (Å²) >= 11 is 0. The zero-order valence-electron chi connectivity index (χ0n) is 9.70. The Labute approximate surface area is 108 Å². The monoisotopic (exact) mass is 258 g/mol. The van der Waals surface area contributed by atoms with Crippen molar-refractivity contribution in [2.45, 2.75) is 0 Å². The number of hydrogen-bond acceptors (Lipinski definition) is 4. The molecule has 0 spiro atoms. The number of carboxylic acids is 2. The van der Waals surface area contributed by atoms with Gasteiger partial charge in [-0.2, -0.15) is 0 Å². The Morgan fingerprint density at radius 3 is 2.11 bits per heavy atom. The molecule has 1 heterocycles. The maximum absolute atomic E-state index is 10.8. The molecule has 2 rings (SSSR count). The second-order valence-electron chi connectivity index (χ2n) is 3.77. The Morgan fingerprint density at radius 1 is 0.895 bits per heavy atom.